The molecule has 3 rings (SSSR count). The summed E-state index contributed by atoms with van der Waals surface area (Å²) in [4.78, 5) is 25.2. The molecule has 1 aromatic carbocycles. The van der Waals surface area contributed by atoms with Gasteiger partial charge in [0.25, 0.3) is 5.91 Å². The second kappa shape index (κ2) is 8.22. The lowest BCUT2D eigenvalue weighted by Crippen LogP contribution is -2.14. The van der Waals surface area contributed by atoms with Crippen LogP contribution in [-0.4, -0.2) is 26.6 Å². The number of halogens is 3. The number of hydrogen-bond donors (Lipinski definition) is 1. The molecule has 0 aliphatic heterocycles. The van der Waals surface area contributed by atoms with Crippen molar-refractivity contribution in [1.29, 1.82) is 0 Å². The van der Waals surface area contributed by atoms with E-state index in [9.17, 15) is 18.0 Å². The molecule has 0 saturated heterocycles. The van der Waals surface area contributed by atoms with Crippen LogP contribution in [-0.2, 0) is 6.18 Å². The Morgan fingerprint density at radius 3 is 2.74 bits per heavy atom. The highest BCUT2D eigenvalue weighted by Gasteiger charge is 2.34. The third-order valence-electron chi connectivity index (χ3n) is 3.57. The Morgan fingerprint density at radius 2 is 2.04 bits per heavy atom. The predicted octanol–water partition coefficient (Wildman–Crippen LogP) is 5.25. The Hall–Kier alpha value is -2.20. The smallest absolute Gasteiger partial charge is 0.298 e. The van der Waals surface area contributed by atoms with Crippen LogP contribution >= 0.6 is 23.1 Å². The molecule has 1 amide bonds. The van der Waals surface area contributed by atoms with Gasteiger partial charge in [0.05, 0.1) is 5.56 Å². The average Bonchev–Trinajstić information content (AvgIpc) is 3.03. The van der Waals surface area contributed by atoms with Crippen molar-refractivity contribution in [2.75, 3.05) is 11.1 Å². The Kier molecular flexibility index (Phi) is 5.95. The Balaban J connectivity index is 1.83. The molecule has 142 valence electrons. The number of rotatable bonds is 6. The highest BCUT2D eigenvalue weighted by atomic mass is 32.2. The number of nitrogens with one attached hydrogen (secondary N) is 1. The minimum atomic E-state index is -4.53. The first-order chi connectivity index (χ1) is 12.9. The van der Waals surface area contributed by atoms with Gasteiger partial charge in [0.2, 0.25) is 0 Å². The van der Waals surface area contributed by atoms with Crippen LogP contribution < -0.4 is 5.32 Å². The van der Waals surface area contributed by atoms with Gasteiger partial charge in [-0.25, -0.2) is 9.97 Å². The number of unbranched alkanes of at least 4 members (excludes halogenated alkanes) is 1. The summed E-state index contributed by atoms with van der Waals surface area (Å²) in [6.45, 7) is 1.98. The van der Waals surface area contributed by atoms with E-state index in [-0.39, 0.29) is 15.6 Å². The van der Waals surface area contributed by atoms with Gasteiger partial charge in [-0.15, -0.1) is 11.8 Å². The van der Waals surface area contributed by atoms with Crippen LogP contribution in [0, 0.1) is 0 Å². The molecule has 2 aromatic heterocycles. The molecule has 2 heterocycles. The highest BCUT2D eigenvalue weighted by molar-refractivity contribution is 7.99. The first-order valence-corrected chi connectivity index (χ1v) is 9.91. The summed E-state index contributed by atoms with van der Waals surface area (Å²) < 4.78 is 40.2. The minimum Gasteiger partial charge on any atom is -0.298 e. The van der Waals surface area contributed by atoms with Gasteiger partial charge in [-0.3, -0.25) is 10.1 Å². The van der Waals surface area contributed by atoms with E-state index in [2.05, 4.69) is 20.3 Å². The zero-order valence-corrected chi connectivity index (χ0v) is 15.8. The van der Waals surface area contributed by atoms with Gasteiger partial charge in [-0.05, 0) is 30.4 Å². The number of nitrogens with zero attached hydrogens (tertiary/aromatic N) is 3. The molecule has 0 aliphatic rings. The maximum atomic E-state index is 13.4. The number of benzene rings is 1. The fraction of sp³-hybridized carbons (Fsp3) is 0.294. The molecule has 0 spiro atoms. The van der Waals surface area contributed by atoms with Crippen LogP contribution in [0.25, 0.3) is 10.5 Å². The molecule has 0 aliphatic carbocycles. The SMILES string of the molecule is CCCCSc1ccc(C(=O)Nc2nc3nccnc3s2)cc1C(F)(F)F. The summed E-state index contributed by atoms with van der Waals surface area (Å²) in [5.74, 6) is -0.0683. The topological polar surface area (TPSA) is 67.8 Å². The van der Waals surface area contributed by atoms with Gasteiger partial charge in [-0.1, -0.05) is 24.7 Å². The van der Waals surface area contributed by atoms with Gasteiger partial charge in [0.15, 0.2) is 15.6 Å². The van der Waals surface area contributed by atoms with E-state index in [0.29, 0.717) is 16.2 Å². The molecule has 1 N–H and O–H groups in total. The van der Waals surface area contributed by atoms with Crippen LogP contribution in [0.3, 0.4) is 0 Å². The number of aromatic nitrogens is 3. The first kappa shape index (κ1) is 19.6. The number of carbonyl (C=O) groups excluding carboxylic acids is 1. The molecule has 0 saturated carbocycles. The van der Waals surface area contributed by atoms with E-state index in [4.69, 9.17) is 0 Å². The lowest BCUT2D eigenvalue weighted by atomic mass is 10.1. The van der Waals surface area contributed by atoms with Crippen molar-refractivity contribution >= 4 is 44.6 Å². The minimum absolute atomic E-state index is 0.0812. The zero-order chi connectivity index (χ0) is 19.4. The van der Waals surface area contributed by atoms with Gasteiger partial charge >= 0.3 is 6.18 Å². The molecule has 10 heteroatoms. The van der Waals surface area contributed by atoms with E-state index < -0.39 is 17.6 Å². The lowest BCUT2D eigenvalue weighted by Gasteiger charge is -2.14. The third-order valence-corrected chi connectivity index (χ3v) is 5.60. The third kappa shape index (κ3) is 4.75. The Bertz CT molecular complexity index is 926. The van der Waals surface area contributed by atoms with Gasteiger partial charge < -0.3 is 0 Å². The van der Waals surface area contributed by atoms with Crippen molar-refractivity contribution in [3.8, 4) is 0 Å². The standard InChI is InChI=1S/C17H15F3N4OS2/c1-2-3-8-26-12-5-4-10(9-11(12)17(18,19)20)14(25)24-16-23-13-15(27-16)22-7-6-21-13/h4-7,9H,2-3,8H2,1H3,(H,21,23,24,25). The van der Waals surface area contributed by atoms with Crippen molar-refractivity contribution in [3.63, 3.8) is 0 Å². The Labute approximate surface area is 161 Å². The van der Waals surface area contributed by atoms with Crippen LogP contribution in [0.5, 0.6) is 0 Å². The lowest BCUT2D eigenvalue weighted by molar-refractivity contribution is -0.139. The van der Waals surface area contributed by atoms with E-state index in [1.165, 1.54) is 24.5 Å². The number of fused-ring (bicyclic) bond motifs is 1. The maximum Gasteiger partial charge on any atom is 0.417 e. The quantitative estimate of drug-likeness (QED) is 0.442. The van der Waals surface area contributed by atoms with E-state index in [1.54, 1.807) is 0 Å². The van der Waals surface area contributed by atoms with E-state index >= 15 is 0 Å². The zero-order valence-electron chi connectivity index (χ0n) is 14.2. The van der Waals surface area contributed by atoms with Crippen molar-refractivity contribution in [1.82, 2.24) is 15.0 Å². The molecule has 5 nitrogen and oxygen atoms in total. The highest BCUT2D eigenvalue weighted by Crippen LogP contribution is 2.37. The molecule has 0 fully saturated rings. The van der Waals surface area contributed by atoms with Crippen molar-refractivity contribution in [2.45, 2.75) is 30.8 Å². The number of thioether (sulfide) groups is 1. The predicted molar refractivity (Wildman–Crippen MR) is 100 cm³/mol. The summed E-state index contributed by atoms with van der Waals surface area (Å²) in [6.07, 6.45) is 0.161. The summed E-state index contributed by atoms with van der Waals surface area (Å²) >= 11 is 2.25. The molecule has 0 bridgehead atoms. The van der Waals surface area contributed by atoms with Crippen molar-refractivity contribution in [2.24, 2.45) is 0 Å². The maximum absolute atomic E-state index is 13.4. The van der Waals surface area contributed by atoms with Crippen LogP contribution in [0.15, 0.2) is 35.5 Å². The van der Waals surface area contributed by atoms with Gasteiger partial charge in [0, 0.05) is 22.9 Å². The molecular weight excluding hydrogens is 397 g/mol. The number of anilines is 1. The largest absolute Gasteiger partial charge is 0.417 e. The van der Waals surface area contributed by atoms with E-state index in [1.807, 2.05) is 6.92 Å². The van der Waals surface area contributed by atoms with Crippen LogP contribution in [0.1, 0.15) is 35.7 Å². The van der Waals surface area contributed by atoms with Crippen LogP contribution in [0.4, 0.5) is 18.3 Å². The van der Waals surface area contributed by atoms with Crippen LogP contribution in [0.2, 0.25) is 0 Å². The number of amides is 1. The molecule has 0 radical (unpaired) electrons. The summed E-state index contributed by atoms with van der Waals surface area (Å²) in [5.41, 5.74) is -0.511. The summed E-state index contributed by atoms with van der Waals surface area (Å²) in [5, 5.41) is 2.74. The van der Waals surface area contributed by atoms with Crippen molar-refractivity contribution in [3.05, 3.63) is 41.7 Å². The number of alkyl halides is 3. The van der Waals surface area contributed by atoms with Crippen molar-refractivity contribution < 1.29 is 18.0 Å². The Morgan fingerprint density at radius 1 is 1.26 bits per heavy atom. The number of carbonyl (C=O) groups is 1. The normalized spacial score (nSPS) is 11.7. The van der Waals surface area contributed by atoms with E-state index in [0.717, 1.165) is 42.0 Å². The summed E-state index contributed by atoms with van der Waals surface area (Å²) in [7, 11) is 0. The molecule has 0 atom stereocenters. The monoisotopic (exact) mass is 412 g/mol. The first-order valence-electron chi connectivity index (χ1n) is 8.11. The molecule has 27 heavy (non-hydrogen) atoms. The number of thiazole rings is 1. The molecular formula is C17H15F3N4OS2. The van der Waals surface area contributed by atoms with Gasteiger partial charge in [0.1, 0.15) is 0 Å². The fourth-order valence-electron chi connectivity index (χ4n) is 2.25. The average molecular weight is 412 g/mol. The second-order valence-electron chi connectivity index (χ2n) is 5.57. The molecule has 0 unspecified atom stereocenters. The number of hydrogen-bond acceptors (Lipinski definition) is 6. The second-order valence-corrected chi connectivity index (χ2v) is 7.68. The van der Waals surface area contributed by atoms with Gasteiger partial charge in [-0.2, -0.15) is 18.2 Å². The summed E-state index contributed by atoms with van der Waals surface area (Å²) in [6, 6.07) is 3.62. The fourth-order valence-corrected chi connectivity index (χ4v) is 4.15. The molecule has 3 aromatic rings.